The first kappa shape index (κ1) is 13.9. The van der Waals surface area contributed by atoms with Crippen molar-refractivity contribution in [2.45, 2.75) is 6.92 Å². The summed E-state index contributed by atoms with van der Waals surface area (Å²) in [6.45, 7) is 2.35. The summed E-state index contributed by atoms with van der Waals surface area (Å²) >= 11 is 0. The summed E-state index contributed by atoms with van der Waals surface area (Å²) in [6, 6.07) is 0. The summed E-state index contributed by atoms with van der Waals surface area (Å²) in [5.74, 6) is -1.38. The third kappa shape index (κ3) is 6.87. The predicted octanol–water partition coefficient (Wildman–Crippen LogP) is -0.417. The molecule has 0 atom stereocenters. The number of carbonyl (C=O) groups is 2. The third-order valence-electron chi connectivity index (χ3n) is 1.67. The Morgan fingerprint density at radius 1 is 1.40 bits per heavy atom. The van der Waals surface area contributed by atoms with Gasteiger partial charge in [-0.05, 0) is 6.92 Å². The lowest BCUT2D eigenvalue weighted by atomic mass is 10.4. The van der Waals surface area contributed by atoms with Gasteiger partial charge in [0.15, 0.2) is 0 Å². The molecule has 0 aromatic rings. The first-order chi connectivity index (χ1) is 7.11. The Hall–Kier alpha value is -1.14. The average Bonchev–Trinajstić information content (AvgIpc) is 2.20. The van der Waals surface area contributed by atoms with Gasteiger partial charge in [0.25, 0.3) is 0 Å². The van der Waals surface area contributed by atoms with E-state index >= 15 is 0 Å². The minimum absolute atomic E-state index is 0.0898. The average molecular weight is 219 g/mol. The van der Waals surface area contributed by atoms with Crippen molar-refractivity contribution in [2.24, 2.45) is 0 Å². The number of ether oxygens (including phenoxy) is 2. The van der Waals surface area contributed by atoms with Gasteiger partial charge >= 0.3 is 5.97 Å². The molecule has 1 N–H and O–H groups in total. The van der Waals surface area contributed by atoms with Gasteiger partial charge in [-0.3, -0.25) is 9.59 Å². The molecule has 0 aliphatic rings. The van der Waals surface area contributed by atoms with Crippen molar-refractivity contribution in [1.82, 2.24) is 4.90 Å². The van der Waals surface area contributed by atoms with Crippen LogP contribution in [0.2, 0.25) is 0 Å². The fourth-order valence-corrected chi connectivity index (χ4v) is 0.937. The summed E-state index contributed by atoms with van der Waals surface area (Å²) in [7, 11) is 1.49. The van der Waals surface area contributed by atoms with Crippen LogP contribution in [0.25, 0.3) is 0 Å². The number of nitrogens with zero attached hydrogens (tertiary/aromatic N) is 1. The van der Waals surface area contributed by atoms with Gasteiger partial charge in [-0.25, -0.2) is 0 Å². The molecule has 0 bridgehead atoms. The van der Waals surface area contributed by atoms with Crippen molar-refractivity contribution in [2.75, 3.05) is 40.0 Å². The second-order valence-corrected chi connectivity index (χ2v) is 2.84. The predicted molar refractivity (Wildman–Crippen MR) is 52.6 cm³/mol. The maximum Gasteiger partial charge on any atom is 0.323 e. The molecule has 0 aliphatic heterocycles. The van der Waals surface area contributed by atoms with E-state index < -0.39 is 5.97 Å². The molecule has 0 aromatic carbocycles. The van der Waals surface area contributed by atoms with Gasteiger partial charge in [0, 0.05) is 20.3 Å². The monoisotopic (exact) mass is 219 g/mol. The lowest BCUT2D eigenvalue weighted by molar-refractivity contribution is -0.146. The number of carbonyl (C=O) groups excluding carboxylic acids is 1. The van der Waals surface area contributed by atoms with Gasteiger partial charge in [0.1, 0.15) is 13.2 Å². The fraction of sp³-hybridized carbons (Fsp3) is 0.778. The first-order valence-electron chi connectivity index (χ1n) is 4.68. The minimum Gasteiger partial charge on any atom is -0.480 e. The molecule has 0 heterocycles. The third-order valence-corrected chi connectivity index (χ3v) is 1.67. The Balaban J connectivity index is 4.07. The number of methoxy groups -OCH3 is 1. The van der Waals surface area contributed by atoms with Crippen LogP contribution in [-0.2, 0) is 19.1 Å². The van der Waals surface area contributed by atoms with E-state index in [0.717, 1.165) is 0 Å². The van der Waals surface area contributed by atoms with E-state index in [1.807, 2.05) is 0 Å². The Bertz CT molecular complexity index is 207. The van der Waals surface area contributed by atoms with E-state index in [4.69, 9.17) is 14.6 Å². The van der Waals surface area contributed by atoms with Crippen LogP contribution in [0.1, 0.15) is 6.92 Å². The molecule has 0 aliphatic carbocycles. The number of carboxylic acid groups (broad SMARTS) is 1. The lowest BCUT2D eigenvalue weighted by Gasteiger charge is -2.19. The molecular formula is C9H17NO5. The van der Waals surface area contributed by atoms with E-state index in [1.165, 1.54) is 12.0 Å². The van der Waals surface area contributed by atoms with Crippen LogP contribution in [0, 0.1) is 0 Å². The maximum absolute atomic E-state index is 11.4. The molecule has 0 aromatic heterocycles. The van der Waals surface area contributed by atoms with Crippen LogP contribution in [0.5, 0.6) is 0 Å². The molecule has 0 rings (SSSR count). The van der Waals surface area contributed by atoms with Gasteiger partial charge < -0.3 is 19.5 Å². The second-order valence-electron chi connectivity index (χ2n) is 2.84. The summed E-state index contributed by atoms with van der Waals surface area (Å²) in [5, 5.41) is 8.58. The number of hydrogen-bond donors (Lipinski definition) is 1. The van der Waals surface area contributed by atoms with Gasteiger partial charge in [0.2, 0.25) is 5.91 Å². The second kappa shape index (κ2) is 8.19. The molecule has 0 radical (unpaired) electrons. The zero-order valence-corrected chi connectivity index (χ0v) is 9.06. The Labute approximate surface area is 88.8 Å². The van der Waals surface area contributed by atoms with Crippen LogP contribution < -0.4 is 0 Å². The van der Waals surface area contributed by atoms with Gasteiger partial charge in [-0.15, -0.1) is 0 Å². The van der Waals surface area contributed by atoms with Gasteiger partial charge in [-0.1, -0.05) is 0 Å². The number of rotatable bonds is 8. The van der Waals surface area contributed by atoms with E-state index in [9.17, 15) is 9.59 Å². The van der Waals surface area contributed by atoms with Crippen molar-refractivity contribution in [3.8, 4) is 0 Å². The molecule has 6 nitrogen and oxygen atoms in total. The zero-order valence-electron chi connectivity index (χ0n) is 9.06. The van der Waals surface area contributed by atoms with Crippen molar-refractivity contribution in [3.05, 3.63) is 0 Å². The Morgan fingerprint density at radius 2 is 2.07 bits per heavy atom. The summed E-state index contributed by atoms with van der Waals surface area (Å²) in [6.07, 6.45) is 0. The minimum atomic E-state index is -1.05. The molecule has 88 valence electrons. The molecule has 0 saturated heterocycles. The lowest BCUT2D eigenvalue weighted by Crippen LogP contribution is -2.40. The molecule has 0 fully saturated rings. The molecular weight excluding hydrogens is 202 g/mol. The van der Waals surface area contributed by atoms with Crippen LogP contribution in [0.4, 0.5) is 0 Å². The van der Waals surface area contributed by atoms with Gasteiger partial charge in [-0.2, -0.15) is 0 Å². The van der Waals surface area contributed by atoms with E-state index in [0.29, 0.717) is 13.2 Å². The van der Waals surface area contributed by atoms with E-state index in [2.05, 4.69) is 0 Å². The summed E-state index contributed by atoms with van der Waals surface area (Å²) in [5.41, 5.74) is 0. The number of amides is 1. The molecule has 15 heavy (non-hydrogen) atoms. The van der Waals surface area contributed by atoms with Crippen molar-refractivity contribution >= 4 is 11.9 Å². The van der Waals surface area contributed by atoms with Crippen LogP contribution in [-0.4, -0.2) is 61.9 Å². The topological polar surface area (TPSA) is 76.1 Å². The highest BCUT2D eigenvalue weighted by atomic mass is 16.5. The van der Waals surface area contributed by atoms with Crippen molar-refractivity contribution < 1.29 is 24.2 Å². The molecule has 6 heteroatoms. The first-order valence-corrected chi connectivity index (χ1v) is 4.68. The fourth-order valence-electron chi connectivity index (χ4n) is 0.937. The molecule has 0 saturated carbocycles. The molecule has 0 unspecified atom stereocenters. The van der Waals surface area contributed by atoms with Crippen LogP contribution >= 0.6 is 0 Å². The van der Waals surface area contributed by atoms with Crippen LogP contribution in [0.15, 0.2) is 0 Å². The largest absolute Gasteiger partial charge is 0.480 e. The maximum atomic E-state index is 11.4. The summed E-state index contributed by atoms with van der Waals surface area (Å²) in [4.78, 5) is 23.1. The smallest absolute Gasteiger partial charge is 0.323 e. The van der Waals surface area contributed by atoms with Gasteiger partial charge in [0.05, 0.1) is 6.61 Å². The van der Waals surface area contributed by atoms with Crippen molar-refractivity contribution in [3.63, 3.8) is 0 Å². The highest BCUT2D eigenvalue weighted by Gasteiger charge is 2.15. The number of carboxylic acids is 1. The SMILES string of the molecule is CCOCC(=O)N(CCOC)CC(=O)O. The normalized spacial score (nSPS) is 10.0. The standard InChI is InChI=1S/C9H17NO5/c1-3-15-7-8(11)10(4-5-14-2)6-9(12)13/h3-7H2,1-2H3,(H,12,13). The van der Waals surface area contributed by atoms with E-state index in [-0.39, 0.29) is 25.6 Å². The summed E-state index contributed by atoms with van der Waals surface area (Å²) < 4.78 is 9.69. The van der Waals surface area contributed by atoms with E-state index in [1.54, 1.807) is 6.92 Å². The van der Waals surface area contributed by atoms with Crippen LogP contribution in [0.3, 0.4) is 0 Å². The highest BCUT2D eigenvalue weighted by molar-refractivity contribution is 5.82. The number of aliphatic carboxylic acids is 1. The Kier molecular flexibility index (Phi) is 7.57. The number of hydrogen-bond acceptors (Lipinski definition) is 4. The molecule has 0 spiro atoms. The van der Waals surface area contributed by atoms with Crippen molar-refractivity contribution in [1.29, 1.82) is 0 Å². The quantitative estimate of drug-likeness (QED) is 0.600. The zero-order chi connectivity index (χ0) is 11.7. The molecule has 1 amide bonds. The highest BCUT2D eigenvalue weighted by Crippen LogP contribution is 1.92. The Morgan fingerprint density at radius 3 is 2.53 bits per heavy atom.